The summed E-state index contributed by atoms with van der Waals surface area (Å²) in [5.41, 5.74) is 1.51. The van der Waals surface area contributed by atoms with Crippen LogP contribution in [0.15, 0.2) is 47.4 Å². The van der Waals surface area contributed by atoms with Gasteiger partial charge in [0.1, 0.15) is 11.3 Å². The average molecular weight is 504 g/mol. The van der Waals surface area contributed by atoms with Gasteiger partial charge in [0.25, 0.3) is 0 Å². The Morgan fingerprint density at radius 3 is 2.32 bits per heavy atom. The molecule has 0 N–H and O–H groups in total. The van der Waals surface area contributed by atoms with Crippen LogP contribution in [0, 0.1) is 0 Å². The Hall–Kier alpha value is -2.49. The van der Waals surface area contributed by atoms with E-state index in [9.17, 15) is 13.2 Å². The van der Waals surface area contributed by atoms with Crippen LogP contribution in [-0.4, -0.2) is 62.7 Å². The molecule has 0 radical (unpaired) electrons. The summed E-state index contributed by atoms with van der Waals surface area (Å²) in [5, 5.41) is 0.141. The molecule has 3 rings (SSSR count). The van der Waals surface area contributed by atoms with E-state index in [0.717, 1.165) is 35.4 Å². The largest absolute Gasteiger partial charge is 0.494 e. The maximum absolute atomic E-state index is 13.4. The van der Waals surface area contributed by atoms with Crippen LogP contribution >= 0.6 is 11.3 Å². The molecular weight excluding hydrogens is 470 g/mol. The maximum Gasteiger partial charge on any atom is 0.233 e. The lowest BCUT2D eigenvalue weighted by Crippen LogP contribution is -2.39. The second-order valence-corrected chi connectivity index (χ2v) is 11.8. The standard InChI is InChI=1S/C25H33N3O4S2/c1-6-27(7-2)15-16-28(25-26-24-21(32-5)9-8-10-22(24)33-25)23(29)17-19-11-13-20(14-12-19)34(30,31)18(3)4/h8-14,18H,6-7,15-17H2,1-5H3. The number of anilines is 1. The molecule has 0 aliphatic heterocycles. The quantitative estimate of drug-likeness (QED) is 0.386. The van der Waals surface area contributed by atoms with Gasteiger partial charge < -0.3 is 9.64 Å². The van der Waals surface area contributed by atoms with Gasteiger partial charge in [-0.25, -0.2) is 13.4 Å². The molecule has 0 saturated carbocycles. The van der Waals surface area contributed by atoms with Crippen molar-refractivity contribution in [1.82, 2.24) is 9.88 Å². The molecule has 7 nitrogen and oxygen atoms in total. The smallest absolute Gasteiger partial charge is 0.233 e. The first kappa shape index (κ1) is 26.1. The second kappa shape index (κ2) is 11.3. The number of nitrogens with zero attached hydrogens (tertiary/aromatic N) is 3. The summed E-state index contributed by atoms with van der Waals surface area (Å²) < 4.78 is 31.2. The number of sulfone groups is 1. The molecule has 0 aliphatic rings. The fourth-order valence-corrected chi connectivity index (χ4v) is 5.73. The van der Waals surface area contributed by atoms with Gasteiger partial charge in [-0.2, -0.15) is 0 Å². The number of likely N-dealkylation sites (N-methyl/N-ethyl adjacent to an activating group) is 1. The van der Waals surface area contributed by atoms with E-state index < -0.39 is 15.1 Å². The molecule has 184 valence electrons. The molecule has 0 unspecified atom stereocenters. The number of hydrogen-bond acceptors (Lipinski definition) is 7. The van der Waals surface area contributed by atoms with Crippen molar-refractivity contribution in [3.63, 3.8) is 0 Å². The van der Waals surface area contributed by atoms with Gasteiger partial charge in [0.05, 0.1) is 28.4 Å². The van der Waals surface area contributed by atoms with Gasteiger partial charge in [-0.3, -0.25) is 9.69 Å². The molecular formula is C25H33N3O4S2. The maximum atomic E-state index is 13.4. The number of methoxy groups -OCH3 is 1. The first-order valence-corrected chi connectivity index (χ1v) is 13.9. The summed E-state index contributed by atoms with van der Waals surface area (Å²) in [6, 6.07) is 12.4. The Morgan fingerprint density at radius 2 is 1.74 bits per heavy atom. The van der Waals surface area contributed by atoms with E-state index >= 15 is 0 Å². The number of hydrogen-bond donors (Lipinski definition) is 0. The van der Waals surface area contributed by atoms with Crippen molar-refractivity contribution < 1.29 is 17.9 Å². The van der Waals surface area contributed by atoms with Crippen LogP contribution in [0.1, 0.15) is 33.3 Å². The fraction of sp³-hybridized carbons (Fsp3) is 0.440. The highest BCUT2D eigenvalue weighted by Gasteiger charge is 2.23. The first-order valence-electron chi connectivity index (χ1n) is 11.5. The number of amides is 1. The minimum Gasteiger partial charge on any atom is -0.494 e. The third-order valence-corrected chi connectivity index (χ3v) is 9.10. The first-order chi connectivity index (χ1) is 16.2. The van der Waals surface area contributed by atoms with Gasteiger partial charge in [0, 0.05) is 13.1 Å². The summed E-state index contributed by atoms with van der Waals surface area (Å²) in [6.45, 7) is 10.6. The number of rotatable bonds is 11. The summed E-state index contributed by atoms with van der Waals surface area (Å²) >= 11 is 1.47. The zero-order chi connectivity index (χ0) is 24.9. The number of thiazole rings is 1. The number of carbonyl (C=O) groups excluding carboxylic acids is 1. The molecule has 0 spiro atoms. The van der Waals surface area contributed by atoms with Crippen LogP contribution in [0.5, 0.6) is 5.75 Å². The monoisotopic (exact) mass is 503 g/mol. The lowest BCUT2D eigenvalue weighted by molar-refractivity contribution is -0.118. The molecule has 9 heteroatoms. The van der Waals surface area contributed by atoms with Crippen molar-refractivity contribution in [3.8, 4) is 5.75 Å². The van der Waals surface area contributed by atoms with Crippen LogP contribution in [0.2, 0.25) is 0 Å². The van der Waals surface area contributed by atoms with E-state index in [1.165, 1.54) is 11.3 Å². The molecule has 0 atom stereocenters. The van der Waals surface area contributed by atoms with Gasteiger partial charge in [0.15, 0.2) is 15.0 Å². The van der Waals surface area contributed by atoms with Gasteiger partial charge >= 0.3 is 0 Å². The topological polar surface area (TPSA) is 79.8 Å². The lowest BCUT2D eigenvalue weighted by atomic mass is 10.1. The van der Waals surface area contributed by atoms with E-state index in [0.29, 0.717) is 17.4 Å². The van der Waals surface area contributed by atoms with Crippen LogP contribution in [-0.2, 0) is 21.1 Å². The molecule has 0 aliphatic carbocycles. The predicted octanol–water partition coefficient (Wildman–Crippen LogP) is 4.40. The average Bonchev–Trinajstić information content (AvgIpc) is 3.26. The molecule has 0 saturated heterocycles. The number of benzene rings is 2. The Kier molecular flexibility index (Phi) is 8.67. The van der Waals surface area contributed by atoms with Crippen molar-refractivity contribution in [2.24, 2.45) is 0 Å². The number of ether oxygens (including phenoxy) is 1. The van der Waals surface area contributed by atoms with Gasteiger partial charge in [-0.05, 0) is 56.8 Å². The van der Waals surface area contributed by atoms with Crippen molar-refractivity contribution in [2.75, 3.05) is 38.2 Å². The molecule has 34 heavy (non-hydrogen) atoms. The van der Waals surface area contributed by atoms with E-state index in [4.69, 9.17) is 9.72 Å². The van der Waals surface area contributed by atoms with Crippen molar-refractivity contribution in [1.29, 1.82) is 0 Å². The zero-order valence-electron chi connectivity index (χ0n) is 20.4. The predicted molar refractivity (Wildman–Crippen MR) is 139 cm³/mol. The van der Waals surface area contributed by atoms with Crippen LogP contribution in [0.3, 0.4) is 0 Å². The third-order valence-electron chi connectivity index (χ3n) is 5.88. The molecule has 1 amide bonds. The summed E-state index contributed by atoms with van der Waals surface area (Å²) in [6.07, 6.45) is 0.160. The van der Waals surface area contributed by atoms with E-state index in [1.807, 2.05) is 18.2 Å². The van der Waals surface area contributed by atoms with Crippen molar-refractivity contribution >= 4 is 42.4 Å². The van der Waals surface area contributed by atoms with Gasteiger partial charge in [0.2, 0.25) is 5.91 Å². The highest BCUT2D eigenvalue weighted by molar-refractivity contribution is 7.92. The molecule has 1 aromatic heterocycles. The SMILES string of the molecule is CCN(CC)CCN(C(=O)Cc1ccc(S(=O)(=O)C(C)C)cc1)c1nc2c(OC)cccc2s1. The summed E-state index contributed by atoms with van der Waals surface area (Å²) in [7, 11) is -1.74. The Bertz CT molecular complexity index is 1220. The van der Waals surface area contributed by atoms with Crippen molar-refractivity contribution in [2.45, 2.75) is 44.3 Å². The van der Waals surface area contributed by atoms with E-state index in [1.54, 1.807) is 50.1 Å². The minimum atomic E-state index is -3.35. The second-order valence-electron chi connectivity index (χ2n) is 8.29. The molecule has 3 aromatic rings. The van der Waals surface area contributed by atoms with Crippen molar-refractivity contribution in [3.05, 3.63) is 48.0 Å². The number of carbonyl (C=O) groups is 1. The summed E-state index contributed by atoms with van der Waals surface area (Å²) in [4.78, 5) is 22.5. The summed E-state index contributed by atoms with van der Waals surface area (Å²) in [5.74, 6) is 0.600. The lowest BCUT2D eigenvalue weighted by Gasteiger charge is -2.24. The van der Waals surface area contributed by atoms with Crippen LogP contribution in [0.25, 0.3) is 10.2 Å². The number of fused-ring (bicyclic) bond motifs is 1. The Morgan fingerprint density at radius 1 is 1.06 bits per heavy atom. The fourth-order valence-electron chi connectivity index (χ4n) is 3.64. The zero-order valence-corrected chi connectivity index (χ0v) is 22.1. The Labute approximate surface area is 206 Å². The van der Waals surface area contributed by atoms with Crippen LogP contribution in [0.4, 0.5) is 5.13 Å². The highest BCUT2D eigenvalue weighted by atomic mass is 32.2. The molecule has 1 heterocycles. The third kappa shape index (κ3) is 5.76. The van der Waals surface area contributed by atoms with E-state index in [2.05, 4.69) is 18.7 Å². The highest BCUT2D eigenvalue weighted by Crippen LogP contribution is 2.34. The normalized spacial score (nSPS) is 12.0. The molecule has 2 aromatic carbocycles. The van der Waals surface area contributed by atoms with Crippen LogP contribution < -0.4 is 9.64 Å². The molecule has 0 fully saturated rings. The minimum absolute atomic E-state index is 0.0790. The molecule has 0 bridgehead atoms. The Balaban J connectivity index is 1.88. The van der Waals surface area contributed by atoms with E-state index in [-0.39, 0.29) is 17.2 Å². The number of aromatic nitrogens is 1. The van der Waals surface area contributed by atoms with Gasteiger partial charge in [-0.1, -0.05) is 43.4 Å². The van der Waals surface area contributed by atoms with Gasteiger partial charge in [-0.15, -0.1) is 0 Å². The number of para-hydroxylation sites is 1.